The van der Waals surface area contributed by atoms with Gasteiger partial charge in [0, 0.05) is 18.7 Å². The van der Waals surface area contributed by atoms with Crippen LogP contribution < -0.4 is 15.8 Å². The molecule has 0 aromatic heterocycles. The van der Waals surface area contributed by atoms with Crippen molar-refractivity contribution < 1.29 is 9.13 Å². The largest absolute Gasteiger partial charge is 0.491 e. The van der Waals surface area contributed by atoms with Crippen molar-refractivity contribution >= 4 is 11.4 Å². The SMILES string of the molecule is CCOc1cc(NCCC2=CCCCC2)c(N)cc1F. The lowest BCUT2D eigenvalue weighted by molar-refractivity contribution is 0.322. The molecular formula is C16H23FN2O. The quantitative estimate of drug-likeness (QED) is 0.608. The van der Waals surface area contributed by atoms with Crippen LogP contribution in [0.25, 0.3) is 0 Å². The molecule has 3 N–H and O–H groups in total. The molecule has 0 saturated heterocycles. The summed E-state index contributed by atoms with van der Waals surface area (Å²) in [5, 5.41) is 3.27. The zero-order chi connectivity index (χ0) is 14.4. The predicted octanol–water partition coefficient (Wildman–Crippen LogP) is 4.11. The van der Waals surface area contributed by atoms with Gasteiger partial charge >= 0.3 is 0 Å². The van der Waals surface area contributed by atoms with Gasteiger partial charge < -0.3 is 15.8 Å². The normalized spacial score (nSPS) is 14.8. The highest BCUT2D eigenvalue weighted by atomic mass is 19.1. The second kappa shape index (κ2) is 7.17. The summed E-state index contributed by atoms with van der Waals surface area (Å²) in [4.78, 5) is 0. The molecule has 3 nitrogen and oxygen atoms in total. The van der Waals surface area contributed by atoms with E-state index in [9.17, 15) is 4.39 Å². The maximum absolute atomic E-state index is 13.6. The van der Waals surface area contributed by atoms with Crippen molar-refractivity contribution in [3.05, 3.63) is 29.6 Å². The van der Waals surface area contributed by atoms with Gasteiger partial charge in [-0.2, -0.15) is 0 Å². The number of nitrogen functional groups attached to an aromatic ring is 1. The second-order valence-corrected chi connectivity index (χ2v) is 5.09. The highest BCUT2D eigenvalue weighted by Gasteiger charge is 2.09. The topological polar surface area (TPSA) is 47.3 Å². The lowest BCUT2D eigenvalue weighted by Gasteiger charge is -2.15. The number of nitrogens with two attached hydrogens (primary N) is 1. The second-order valence-electron chi connectivity index (χ2n) is 5.09. The molecule has 0 atom stereocenters. The molecule has 0 unspecified atom stereocenters. The molecule has 20 heavy (non-hydrogen) atoms. The third-order valence-electron chi connectivity index (χ3n) is 3.55. The summed E-state index contributed by atoms with van der Waals surface area (Å²) in [6, 6.07) is 2.95. The molecule has 0 spiro atoms. The van der Waals surface area contributed by atoms with E-state index in [0.717, 1.165) is 18.7 Å². The first-order chi connectivity index (χ1) is 9.70. The molecule has 1 aliphatic carbocycles. The number of rotatable bonds is 6. The first-order valence-electron chi connectivity index (χ1n) is 7.34. The van der Waals surface area contributed by atoms with Crippen molar-refractivity contribution in [3.63, 3.8) is 0 Å². The van der Waals surface area contributed by atoms with Crippen LogP contribution in [0, 0.1) is 5.82 Å². The lowest BCUT2D eigenvalue weighted by Crippen LogP contribution is -2.07. The van der Waals surface area contributed by atoms with E-state index in [1.54, 1.807) is 6.07 Å². The first-order valence-corrected chi connectivity index (χ1v) is 7.34. The van der Waals surface area contributed by atoms with Crippen LogP contribution >= 0.6 is 0 Å². The molecule has 0 saturated carbocycles. The number of hydrogen-bond donors (Lipinski definition) is 2. The monoisotopic (exact) mass is 278 g/mol. The number of halogens is 1. The minimum Gasteiger partial charge on any atom is -0.491 e. The molecule has 1 aromatic carbocycles. The number of anilines is 2. The molecule has 0 amide bonds. The van der Waals surface area contributed by atoms with Crippen LogP contribution in [0.1, 0.15) is 39.0 Å². The van der Waals surface area contributed by atoms with E-state index in [2.05, 4.69) is 11.4 Å². The maximum Gasteiger partial charge on any atom is 0.167 e. The Kier molecular flexibility index (Phi) is 5.27. The first kappa shape index (κ1) is 14.7. The van der Waals surface area contributed by atoms with Gasteiger partial charge in [0.1, 0.15) is 0 Å². The third-order valence-corrected chi connectivity index (χ3v) is 3.55. The molecule has 1 aliphatic rings. The smallest absolute Gasteiger partial charge is 0.167 e. The fraction of sp³-hybridized carbons (Fsp3) is 0.500. The summed E-state index contributed by atoms with van der Waals surface area (Å²) < 4.78 is 18.8. The van der Waals surface area contributed by atoms with Gasteiger partial charge in [-0.25, -0.2) is 4.39 Å². The highest BCUT2D eigenvalue weighted by molar-refractivity contribution is 5.68. The van der Waals surface area contributed by atoms with E-state index in [1.165, 1.54) is 37.3 Å². The van der Waals surface area contributed by atoms with E-state index in [1.807, 2.05) is 6.92 Å². The molecule has 0 bridgehead atoms. The zero-order valence-electron chi connectivity index (χ0n) is 12.0. The predicted molar refractivity (Wildman–Crippen MR) is 81.6 cm³/mol. The van der Waals surface area contributed by atoms with Crippen LogP contribution in [0.5, 0.6) is 5.75 Å². The van der Waals surface area contributed by atoms with Crippen LogP contribution in [0.2, 0.25) is 0 Å². The van der Waals surface area contributed by atoms with Crippen molar-refractivity contribution in [2.75, 3.05) is 24.2 Å². The van der Waals surface area contributed by atoms with Gasteiger partial charge in [-0.15, -0.1) is 0 Å². The van der Waals surface area contributed by atoms with Crippen molar-refractivity contribution in [3.8, 4) is 5.75 Å². The van der Waals surface area contributed by atoms with Gasteiger partial charge in [0.15, 0.2) is 11.6 Å². The third kappa shape index (κ3) is 3.89. The number of ether oxygens (including phenoxy) is 1. The van der Waals surface area contributed by atoms with Crippen molar-refractivity contribution in [2.24, 2.45) is 0 Å². The van der Waals surface area contributed by atoms with E-state index in [0.29, 0.717) is 12.3 Å². The van der Waals surface area contributed by atoms with Gasteiger partial charge in [-0.05, 0) is 39.0 Å². The average Bonchev–Trinajstić information content (AvgIpc) is 2.45. The van der Waals surface area contributed by atoms with E-state index in [4.69, 9.17) is 10.5 Å². The molecule has 110 valence electrons. The lowest BCUT2D eigenvalue weighted by atomic mass is 9.97. The van der Waals surface area contributed by atoms with E-state index < -0.39 is 5.82 Å². The zero-order valence-corrected chi connectivity index (χ0v) is 12.0. The van der Waals surface area contributed by atoms with Crippen molar-refractivity contribution in [1.82, 2.24) is 0 Å². The average molecular weight is 278 g/mol. The molecule has 0 radical (unpaired) electrons. The molecule has 0 heterocycles. The van der Waals surface area contributed by atoms with Gasteiger partial charge in [0.25, 0.3) is 0 Å². The van der Waals surface area contributed by atoms with E-state index >= 15 is 0 Å². The fourth-order valence-corrected chi connectivity index (χ4v) is 2.48. The van der Waals surface area contributed by atoms with Crippen LogP contribution in [0.15, 0.2) is 23.8 Å². The Morgan fingerprint density at radius 1 is 1.35 bits per heavy atom. The molecule has 1 aromatic rings. The summed E-state index contributed by atoms with van der Waals surface area (Å²) in [5.74, 6) is -0.161. The van der Waals surface area contributed by atoms with Gasteiger partial charge in [0.05, 0.1) is 18.0 Å². The number of hydrogen-bond acceptors (Lipinski definition) is 3. The Bertz CT molecular complexity index is 486. The minimum absolute atomic E-state index is 0.251. The summed E-state index contributed by atoms with van der Waals surface area (Å²) in [7, 11) is 0. The van der Waals surface area contributed by atoms with Crippen molar-refractivity contribution in [2.45, 2.75) is 39.0 Å². The Labute approximate surface area is 120 Å². The number of allylic oxidation sites excluding steroid dienone is 1. The van der Waals surface area contributed by atoms with Crippen molar-refractivity contribution in [1.29, 1.82) is 0 Å². The highest BCUT2D eigenvalue weighted by Crippen LogP contribution is 2.28. The molecule has 0 aliphatic heterocycles. The van der Waals surface area contributed by atoms with Crippen LogP contribution in [0.3, 0.4) is 0 Å². The Morgan fingerprint density at radius 3 is 2.90 bits per heavy atom. The van der Waals surface area contributed by atoms with Crippen LogP contribution in [-0.2, 0) is 0 Å². The Balaban J connectivity index is 1.94. The maximum atomic E-state index is 13.6. The van der Waals surface area contributed by atoms with E-state index in [-0.39, 0.29) is 5.75 Å². The molecule has 0 fully saturated rings. The minimum atomic E-state index is -0.412. The standard InChI is InChI=1S/C16H23FN2O/c1-2-20-16-11-15(14(18)10-13(16)17)19-9-8-12-6-4-3-5-7-12/h6,10-11,19H,2-5,7-9,18H2,1H3. The Morgan fingerprint density at radius 2 is 2.20 bits per heavy atom. The number of nitrogens with one attached hydrogen (secondary N) is 1. The summed E-state index contributed by atoms with van der Waals surface area (Å²) in [6.07, 6.45) is 8.34. The van der Waals surface area contributed by atoms with Crippen LogP contribution in [0.4, 0.5) is 15.8 Å². The Hall–Kier alpha value is -1.71. The van der Waals surface area contributed by atoms with Gasteiger partial charge in [-0.3, -0.25) is 0 Å². The van der Waals surface area contributed by atoms with Gasteiger partial charge in [0.2, 0.25) is 0 Å². The van der Waals surface area contributed by atoms with Gasteiger partial charge in [-0.1, -0.05) is 11.6 Å². The number of benzene rings is 1. The molecule has 4 heteroatoms. The summed E-state index contributed by atoms with van der Waals surface area (Å²) >= 11 is 0. The van der Waals surface area contributed by atoms with Crippen LogP contribution in [-0.4, -0.2) is 13.2 Å². The summed E-state index contributed by atoms with van der Waals surface area (Å²) in [5.41, 5.74) is 8.50. The molecular weight excluding hydrogens is 255 g/mol. The fourth-order valence-electron chi connectivity index (χ4n) is 2.48. The summed E-state index contributed by atoms with van der Waals surface area (Å²) in [6.45, 7) is 3.08. The molecule has 2 rings (SSSR count).